The van der Waals surface area contributed by atoms with E-state index >= 15 is 0 Å². The Morgan fingerprint density at radius 1 is 1.47 bits per heavy atom. The second kappa shape index (κ2) is 8.09. The summed E-state index contributed by atoms with van der Waals surface area (Å²) in [7, 11) is 0. The Morgan fingerprint density at radius 3 is 2.95 bits per heavy atom. The van der Waals surface area contributed by atoms with Crippen molar-refractivity contribution in [1.29, 1.82) is 0 Å². The van der Waals surface area contributed by atoms with E-state index in [9.17, 15) is 9.18 Å². The van der Waals surface area contributed by atoms with Gasteiger partial charge in [-0.25, -0.2) is 4.39 Å². The van der Waals surface area contributed by atoms with Crippen molar-refractivity contribution in [1.82, 2.24) is 10.6 Å². The van der Waals surface area contributed by atoms with Crippen molar-refractivity contribution in [3.05, 3.63) is 35.6 Å². The zero-order valence-corrected chi connectivity index (χ0v) is 11.3. The average molecular weight is 289 g/mol. The van der Waals surface area contributed by atoms with Gasteiger partial charge in [0, 0.05) is 19.6 Å². The van der Waals surface area contributed by atoms with Crippen molar-refractivity contribution >= 4 is 18.3 Å². The van der Waals surface area contributed by atoms with Crippen molar-refractivity contribution in [2.24, 2.45) is 0 Å². The lowest BCUT2D eigenvalue weighted by atomic mass is 10.1. The van der Waals surface area contributed by atoms with Crippen LogP contribution in [0.4, 0.5) is 4.39 Å². The van der Waals surface area contributed by atoms with E-state index in [1.54, 1.807) is 18.2 Å². The fourth-order valence-corrected chi connectivity index (χ4v) is 1.87. The highest BCUT2D eigenvalue weighted by atomic mass is 35.5. The number of nitrogens with one attached hydrogen (secondary N) is 2. The lowest BCUT2D eigenvalue weighted by molar-refractivity contribution is -0.134. The van der Waals surface area contributed by atoms with Crippen LogP contribution in [-0.2, 0) is 16.0 Å². The number of carbonyl (C=O) groups excluding carboxylic acids is 1. The highest BCUT2D eigenvalue weighted by Crippen LogP contribution is 2.06. The van der Waals surface area contributed by atoms with Crippen LogP contribution < -0.4 is 10.6 Å². The van der Waals surface area contributed by atoms with Gasteiger partial charge in [-0.2, -0.15) is 0 Å². The molecule has 1 atom stereocenters. The fourth-order valence-electron chi connectivity index (χ4n) is 1.87. The molecule has 1 aliphatic rings. The molecule has 0 aromatic heterocycles. The smallest absolute Gasteiger partial charge is 0.250 e. The first-order valence-electron chi connectivity index (χ1n) is 6.11. The van der Waals surface area contributed by atoms with E-state index in [2.05, 4.69) is 10.6 Å². The molecule has 2 N–H and O–H groups in total. The second-order valence-electron chi connectivity index (χ2n) is 4.20. The number of amides is 1. The molecule has 19 heavy (non-hydrogen) atoms. The van der Waals surface area contributed by atoms with Crippen molar-refractivity contribution in [2.75, 3.05) is 26.2 Å². The van der Waals surface area contributed by atoms with E-state index in [1.807, 2.05) is 0 Å². The van der Waals surface area contributed by atoms with Gasteiger partial charge in [-0.05, 0) is 18.1 Å². The van der Waals surface area contributed by atoms with Crippen LogP contribution >= 0.6 is 12.4 Å². The molecule has 4 nitrogen and oxygen atoms in total. The van der Waals surface area contributed by atoms with Gasteiger partial charge in [-0.3, -0.25) is 4.79 Å². The van der Waals surface area contributed by atoms with E-state index in [0.29, 0.717) is 31.7 Å². The Kier molecular flexibility index (Phi) is 6.77. The molecule has 0 saturated carbocycles. The third-order valence-corrected chi connectivity index (χ3v) is 2.87. The number of carbonyl (C=O) groups is 1. The SMILES string of the molecule is Cl.O=C(NCCc1ccccc1F)C1CNCCO1. The van der Waals surface area contributed by atoms with Gasteiger partial charge in [0.25, 0.3) is 0 Å². The van der Waals surface area contributed by atoms with Gasteiger partial charge in [-0.15, -0.1) is 12.4 Å². The summed E-state index contributed by atoms with van der Waals surface area (Å²) in [6, 6.07) is 6.58. The van der Waals surface area contributed by atoms with Crippen molar-refractivity contribution in [3.63, 3.8) is 0 Å². The molecule has 6 heteroatoms. The quantitative estimate of drug-likeness (QED) is 0.865. The summed E-state index contributed by atoms with van der Waals surface area (Å²) < 4.78 is 18.6. The molecule has 0 aliphatic carbocycles. The summed E-state index contributed by atoms with van der Waals surface area (Å²) in [4.78, 5) is 11.7. The molecule has 1 unspecified atom stereocenters. The second-order valence-corrected chi connectivity index (χ2v) is 4.20. The van der Waals surface area contributed by atoms with Gasteiger partial charge in [0.15, 0.2) is 0 Å². The third-order valence-electron chi connectivity index (χ3n) is 2.87. The maximum absolute atomic E-state index is 13.3. The van der Waals surface area contributed by atoms with E-state index in [4.69, 9.17) is 4.74 Å². The molecule has 0 spiro atoms. The number of halogens is 2. The molecule has 1 amide bonds. The van der Waals surface area contributed by atoms with E-state index in [-0.39, 0.29) is 24.1 Å². The normalized spacial score (nSPS) is 18.5. The average Bonchev–Trinajstić information content (AvgIpc) is 2.42. The van der Waals surface area contributed by atoms with Gasteiger partial charge in [0.1, 0.15) is 11.9 Å². The molecule has 1 heterocycles. The highest BCUT2D eigenvalue weighted by Gasteiger charge is 2.20. The molecule has 1 aliphatic heterocycles. The first-order chi connectivity index (χ1) is 8.77. The Labute approximate surface area is 118 Å². The monoisotopic (exact) mass is 288 g/mol. The number of benzene rings is 1. The van der Waals surface area contributed by atoms with Gasteiger partial charge >= 0.3 is 0 Å². The van der Waals surface area contributed by atoms with Gasteiger partial charge in [-0.1, -0.05) is 18.2 Å². The number of morpholine rings is 1. The molecule has 0 radical (unpaired) electrons. The van der Waals surface area contributed by atoms with Gasteiger partial charge in [0.05, 0.1) is 6.61 Å². The van der Waals surface area contributed by atoms with Crippen molar-refractivity contribution in [3.8, 4) is 0 Å². The zero-order valence-electron chi connectivity index (χ0n) is 10.5. The minimum atomic E-state index is -0.431. The molecule has 1 saturated heterocycles. The van der Waals surface area contributed by atoms with Crippen LogP contribution in [0.3, 0.4) is 0 Å². The molecule has 106 valence electrons. The van der Waals surface area contributed by atoms with Crippen LogP contribution in [0, 0.1) is 5.82 Å². The van der Waals surface area contributed by atoms with E-state index in [0.717, 1.165) is 6.54 Å². The summed E-state index contributed by atoms with van der Waals surface area (Å²) in [5.41, 5.74) is 0.612. The summed E-state index contributed by atoms with van der Waals surface area (Å²) in [5.74, 6) is -0.374. The van der Waals surface area contributed by atoms with Crippen molar-refractivity contribution in [2.45, 2.75) is 12.5 Å². The largest absolute Gasteiger partial charge is 0.366 e. The molecule has 0 bridgehead atoms. The minimum Gasteiger partial charge on any atom is -0.366 e. The zero-order chi connectivity index (χ0) is 12.8. The summed E-state index contributed by atoms with van der Waals surface area (Å²) in [5, 5.41) is 5.84. The molecular weight excluding hydrogens is 271 g/mol. The Bertz CT molecular complexity index is 411. The first-order valence-corrected chi connectivity index (χ1v) is 6.11. The van der Waals surface area contributed by atoms with E-state index < -0.39 is 6.10 Å². The maximum atomic E-state index is 13.3. The van der Waals surface area contributed by atoms with Crippen LogP contribution in [0.2, 0.25) is 0 Å². The van der Waals surface area contributed by atoms with Gasteiger partial charge < -0.3 is 15.4 Å². The van der Waals surface area contributed by atoms with Crippen LogP contribution in [-0.4, -0.2) is 38.3 Å². The highest BCUT2D eigenvalue weighted by molar-refractivity contribution is 5.85. The van der Waals surface area contributed by atoms with Gasteiger partial charge in [0.2, 0.25) is 5.91 Å². The lowest BCUT2D eigenvalue weighted by Crippen LogP contribution is -2.48. The summed E-state index contributed by atoms with van der Waals surface area (Å²) in [6.45, 7) is 2.27. The first kappa shape index (κ1) is 15.9. The predicted molar refractivity (Wildman–Crippen MR) is 73.0 cm³/mol. The maximum Gasteiger partial charge on any atom is 0.250 e. The molecule has 1 fully saturated rings. The van der Waals surface area contributed by atoms with Crippen LogP contribution in [0.25, 0.3) is 0 Å². The number of ether oxygens (including phenoxy) is 1. The standard InChI is InChI=1S/C13H17FN2O2.ClH/c14-11-4-2-1-3-10(11)5-6-16-13(17)12-9-15-7-8-18-12;/h1-4,12,15H,5-9H2,(H,16,17);1H. The number of hydrogen-bond acceptors (Lipinski definition) is 3. The Balaban J connectivity index is 0.00000180. The van der Waals surface area contributed by atoms with Crippen LogP contribution in [0.5, 0.6) is 0 Å². The number of rotatable bonds is 4. The lowest BCUT2D eigenvalue weighted by Gasteiger charge is -2.22. The van der Waals surface area contributed by atoms with Crippen LogP contribution in [0.1, 0.15) is 5.56 Å². The summed E-state index contributed by atoms with van der Waals surface area (Å²) in [6.07, 6.45) is 0.0535. The fraction of sp³-hybridized carbons (Fsp3) is 0.462. The summed E-state index contributed by atoms with van der Waals surface area (Å²) >= 11 is 0. The Hall–Kier alpha value is -1.17. The number of hydrogen-bond donors (Lipinski definition) is 2. The molecule has 1 aromatic rings. The molecule has 2 rings (SSSR count). The minimum absolute atomic E-state index is 0. The van der Waals surface area contributed by atoms with Crippen molar-refractivity contribution < 1.29 is 13.9 Å². The topological polar surface area (TPSA) is 50.4 Å². The van der Waals surface area contributed by atoms with Crippen LogP contribution in [0.15, 0.2) is 24.3 Å². The molecule has 1 aromatic carbocycles. The van der Waals surface area contributed by atoms with E-state index in [1.165, 1.54) is 6.07 Å². The third kappa shape index (κ3) is 4.78. The molecular formula is C13H18ClFN2O2. The predicted octanol–water partition coefficient (Wildman–Crippen LogP) is 0.895. The Morgan fingerprint density at radius 2 is 2.26 bits per heavy atom.